The van der Waals surface area contributed by atoms with Crippen LogP contribution < -0.4 is 20.0 Å². The highest BCUT2D eigenvalue weighted by atomic mass is 16.1. The largest absolute Gasteiger partial charge is 0.378 e. The van der Waals surface area contributed by atoms with Gasteiger partial charge in [0.15, 0.2) is 0 Å². The van der Waals surface area contributed by atoms with Crippen LogP contribution in [0.3, 0.4) is 0 Å². The molecule has 1 atom stereocenters. The lowest BCUT2D eigenvalue weighted by Gasteiger charge is -2.33. The Balaban J connectivity index is 1.74. The van der Waals surface area contributed by atoms with Crippen LogP contribution in [0.2, 0.25) is 0 Å². The Kier molecular flexibility index (Phi) is 6.70. The second-order valence-electron chi connectivity index (χ2n) is 8.23. The molecular weight excluding hydrogens is 348 g/mol. The molecule has 0 spiro atoms. The first kappa shape index (κ1) is 20.4. The number of piperazine rings is 1. The summed E-state index contributed by atoms with van der Waals surface area (Å²) >= 11 is 0. The highest BCUT2D eigenvalue weighted by Gasteiger charge is 2.29. The first-order valence-corrected chi connectivity index (χ1v) is 10.2. The fourth-order valence-electron chi connectivity index (χ4n) is 3.85. The number of nitrogens with one attached hydrogen (secondary N) is 3. The fraction of sp³-hybridized carbons (Fsp3) is 0.435. The molecule has 1 saturated heterocycles. The summed E-state index contributed by atoms with van der Waals surface area (Å²) in [4.78, 5) is 17.9. The van der Waals surface area contributed by atoms with E-state index in [4.69, 9.17) is 0 Å². The van der Waals surface area contributed by atoms with E-state index >= 15 is 0 Å². The number of carbonyl (C=O) groups is 1. The molecule has 0 bridgehead atoms. The van der Waals surface area contributed by atoms with Crippen molar-refractivity contribution >= 4 is 11.6 Å². The number of carbonyl (C=O) groups excluding carboxylic acids is 1. The number of likely N-dealkylation sites (N-methyl/N-ethyl adjacent to an activating group) is 1. The van der Waals surface area contributed by atoms with Gasteiger partial charge < -0.3 is 20.0 Å². The molecule has 5 nitrogen and oxygen atoms in total. The van der Waals surface area contributed by atoms with Crippen molar-refractivity contribution in [2.24, 2.45) is 0 Å². The third kappa shape index (κ3) is 5.12. The van der Waals surface area contributed by atoms with Crippen LogP contribution in [0.25, 0.3) is 0 Å². The molecule has 0 aliphatic carbocycles. The van der Waals surface area contributed by atoms with Crippen molar-refractivity contribution in [3.05, 3.63) is 65.2 Å². The maximum Gasteiger partial charge on any atom is 0.251 e. The van der Waals surface area contributed by atoms with Crippen molar-refractivity contribution in [1.29, 1.82) is 0 Å². The minimum Gasteiger partial charge on any atom is -0.378 e. The van der Waals surface area contributed by atoms with Crippen molar-refractivity contribution in [3.63, 3.8) is 0 Å². The van der Waals surface area contributed by atoms with Gasteiger partial charge in [-0.25, -0.2) is 0 Å². The summed E-state index contributed by atoms with van der Waals surface area (Å²) in [5, 5.41) is 3.19. The van der Waals surface area contributed by atoms with Crippen LogP contribution in [0, 0.1) is 6.92 Å². The Bertz CT molecular complexity index is 762. The van der Waals surface area contributed by atoms with E-state index in [-0.39, 0.29) is 11.9 Å². The lowest BCUT2D eigenvalue weighted by Crippen LogP contribution is -3.27. The summed E-state index contributed by atoms with van der Waals surface area (Å²) in [6, 6.07) is 16.8. The van der Waals surface area contributed by atoms with Gasteiger partial charge in [-0.1, -0.05) is 29.8 Å². The number of rotatable bonds is 6. The fourth-order valence-corrected chi connectivity index (χ4v) is 3.85. The summed E-state index contributed by atoms with van der Waals surface area (Å²) in [5.41, 5.74) is 4.39. The van der Waals surface area contributed by atoms with E-state index in [1.54, 1.807) is 9.80 Å². The average Bonchev–Trinajstić information content (AvgIpc) is 2.70. The molecule has 150 valence electrons. The van der Waals surface area contributed by atoms with Crippen LogP contribution in [0.15, 0.2) is 48.5 Å². The van der Waals surface area contributed by atoms with Gasteiger partial charge in [-0.15, -0.1) is 0 Å². The van der Waals surface area contributed by atoms with Crippen molar-refractivity contribution in [2.75, 3.05) is 58.8 Å². The lowest BCUT2D eigenvalue weighted by molar-refractivity contribution is -1.02. The zero-order valence-corrected chi connectivity index (χ0v) is 17.6. The molecule has 28 heavy (non-hydrogen) atoms. The molecule has 1 fully saturated rings. The number of benzene rings is 2. The number of hydrogen-bond donors (Lipinski definition) is 3. The summed E-state index contributed by atoms with van der Waals surface area (Å²) in [5.74, 6) is 0.00839. The summed E-state index contributed by atoms with van der Waals surface area (Å²) < 4.78 is 0. The van der Waals surface area contributed by atoms with Gasteiger partial charge in [-0.05, 0) is 31.2 Å². The van der Waals surface area contributed by atoms with Crippen molar-refractivity contribution in [3.8, 4) is 0 Å². The predicted octanol–water partition coefficient (Wildman–Crippen LogP) is -0.0547. The SMILES string of the molecule is Cc1ccc(C(=O)NC[C@@H](c2ccc(N(C)C)cc2)[NH+]2CC[NH+](C)CC2)cc1. The minimum absolute atomic E-state index is 0.00839. The van der Waals surface area contributed by atoms with Crippen LogP contribution in [-0.4, -0.2) is 59.8 Å². The monoisotopic (exact) mass is 382 g/mol. The molecule has 3 rings (SSSR count). The molecule has 0 unspecified atom stereocenters. The molecule has 2 aromatic rings. The molecule has 3 N–H and O–H groups in total. The maximum atomic E-state index is 12.6. The van der Waals surface area contributed by atoms with E-state index in [9.17, 15) is 4.79 Å². The number of hydrogen-bond acceptors (Lipinski definition) is 2. The van der Waals surface area contributed by atoms with E-state index in [0.29, 0.717) is 6.54 Å². The molecule has 1 heterocycles. The van der Waals surface area contributed by atoms with Gasteiger partial charge in [0.2, 0.25) is 0 Å². The second-order valence-corrected chi connectivity index (χ2v) is 8.23. The first-order chi connectivity index (χ1) is 13.4. The topological polar surface area (TPSA) is 41.2 Å². The van der Waals surface area contributed by atoms with Gasteiger partial charge in [0, 0.05) is 30.9 Å². The van der Waals surface area contributed by atoms with Gasteiger partial charge in [-0.3, -0.25) is 4.79 Å². The number of aryl methyl sites for hydroxylation is 1. The third-order valence-electron chi connectivity index (χ3n) is 5.83. The summed E-state index contributed by atoms with van der Waals surface area (Å²) in [6.45, 7) is 7.30. The Morgan fingerprint density at radius 3 is 2.18 bits per heavy atom. The van der Waals surface area contributed by atoms with E-state index in [1.807, 2.05) is 31.2 Å². The highest BCUT2D eigenvalue weighted by Crippen LogP contribution is 2.16. The molecule has 0 radical (unpaired) electrons. The standard InChI is InChI=1S/C23H32N4O/c1-18-5-7-20(8-6-18)23(28)24-17-22(27-15-13-26(4)14-16-27)19-9-11-21(12-10-19)25(2)3/h5-12,22H,13-17H2,1-4H3,(H,24,28)/p+2/t22-/m0/s1. The van der Waals surface area contributed by atoms with Gasteiger partial charge >= 0.3 is 0 Å². The number of amides is 1. The van der Waals surface area contributed by atoms with E-state index in [2.05, 4.69) is 55.6 Å². The number of nitrogens with zero attached hydrogens (tertiary/aromatic N) is 1. The maximum absolute atomic E-state index is 12.6. The van der Waals surface area contributed by atoms with Crippen LogP contribution in [-0.2, 0) is 0 Å². The Morgan fingerprint density at radius 2 is 1.61 bits per heavy atom. The van der Waals surface area contributed by atoms with Crippen LogP contribution >= 0.6 is 0 Å². The normalized spacial score (nSPS) is 20.4. The van der Waals surface area contributed by atoms with Gasteiger partial charge in [-0.2, -0.15) is 0 Å². The third-order valence-corrected chi connectivity index (χ3v) is 5.83. The predicted molar refractivity (Wildman–Crippen MR) is 114 cm³/mol. The first-order valence-electron chi connectivity index (χ1n) is 10.2. The highest BCUT2D eigenvalue weighted by molar-refractivity contribution is 5.94. The lowest BCUT2D eigenvalue weighted by atomic mass is 10.0. The van der Waals surface area contributed by atoms with Crippen molar-refractivity contribution in [1.82, 2.24) is 5.32 Å². The number of quaternary nitrogens is 2. The minimum atomic E-state index is 0.00839. The Labute approximate surface area is 168 Å². The van der Waals surface area contributed by atoms with Crippen molar-refractivity contribution < 1.29 is 14.6 Å². The molecule has 1 aliphatic rings. The van der Waals surface area contributed by atoms with Crippen LogP contribution in [0.4, 0.5) is 5.69 Å². The quantitative estimate of drug-likeness (QED) is 0.656. The smallest absolute Gasteiger partial charge is 0.251 e. The zero-order chi connectivity index (χ0) is 20.1. The Morgan fingerprint density at radius 1 is 1.00 bits per heavy atom. The Hall–Kier alpha value is -2.37. The van der Waals surface area contributed by atoms with Gasteiger partial charge in [0.05, 0.1) is 13.6 Å². The van der Waals surface area contributed by atoms with Crippen LogP contribution in [0.1, 0.15) is 27.5 Å². The van der Waals surface area contributed by atoms with E-state index in [1.165, 1.54) is 29.9 Å². The molecule has 5 heteroatoms. The summed E-state index contributed by atoms with van der Waals surface area (Å²) in [7, 11) is 6.38. The molecule has 1 amide bonds. The molecule has 0 aromatic heterocycles. The summed E-state index contributed by atoms with van der Waals surface area (Å²) in [6.07, 6.45) is 0. The molecule has 1 aliphatic heterocycles. The zero-order valence-electron chi connectivity index (χ0n) is 17.6. The van der Waals surface area contributed by atoms with Crippen LogP contribution in [0.5, 0.6) is 0 Å². The van der Waals surface area contributed by atoms with Gasteiger partial charge in [0.1, 0.15) is 32.2 Å². The van der Waals surface area contributed by atoms with Gasteiger partial charge in [0.25, 0.3) is 5.91 Å². The molecular formula is C23H34N4O+2. The molecule has 2 aromatic carbocycles. The number of anilines is 1. The molecule has 0 saturated carbocycles. The second kappa shape index (κ2) is 9.22. The average molecular weight is 383 g/mol. The van der Waals surface area contributed by atoms with E-state index < -0.39 is 0 Å². The van der Waals surface area contributed by atoms with Crippen molar-refractivity contribution in [2.45, 2.75) is 13.0 Å². The van der Waals surface area contributed by atoms with E-state index in [0.717, 1.165) is 18.7 Å².